The Morgan fingerprint density at radius 1 is 1.29 bits per heavy atom. The molecule has 0 aliphatic rings. The first-order valence-corrected chi connectivity index (χ1v) is 7.48. The molecule has 1 rings (SSSR count). The van der Waals surface area contributed by atoms with Crippen molar-refractivity contribution in [2.75, 3.05) is 32.5 Å². The van der Waals surface area contributed by atoms with Crippen LogP contribution in [0.1, 0.15) is 32.4 Å². The second-order valence-corrected chi connectivity index (χ2v) is 5.67. The molecule has 0 aliphatic carbocycles. The Morgan fingerprint density at radius 3 is 2.62 bits per heavy atom. The fourth-order valence-corrected chi connectivity index (χ4v) is 2.29. The van der Waals surface area contributed by atoms with E-state index in [1.54, 1.807) is 0 Å². The number of nitrogens with one attached hydrogen (secondary N) is 3. The summed E-state index contributed by atoms with van der Waals surface area (Å²) in [6, 6.07) is 8.13. The number of urea groups is 1. The Hall–Kier alpha value is -1.59. The number of nitrogens with zero attached hydrogens (tertiary/aromatic N) is 1. The van der Waals surface area contributed by atoms with Crippen molar-refractivity contribution in [2.45, 2.75) is 32.9 Å². The molecule has 21 heavy (non-hydrogen) atoms. The van der Waals surface area contributed by atoms with E-state index in [9.17, 15) is 4.79 Å². The molecule has 0 aliphatic heterocycles. The van der Waals surface area contributed by atoms with Gasteiger partial charge in [0.2, 0.25) is 0 Å². The van der Waals surface area contributed by atoms with Crippen LogP contribution in [0.2, 0.25) is 0 Å². The highest BCUT2D eigenvalue weighted by atomic mass is 16.2. The first-order chi connectivity index (χ1) is 9.92. The van der Waals surface area contributed by atoms with Crippen molar-refractivity contribution in [3.8, 4) is 0 Å². The normalized spacial score (nSPS) is 13.8. The van der Waals surface area contributed by atoms with Gasteiger partial charge in [0, 0.05) is 24.3 Å². The minimum atomic E-state index is -0.169. The summed E-state index contributed by atoms with van der Waals surface area (Å²) in [4.78, 5) is 14.0. The van der Waals surface area contributed by atoms with Crippen LogP contribution in [0.4, 0.5) is 10.5 Å². The molecule has 2 atom stereocenters. The SMILES string of the molecule is CCNC(C)c1cccc(NC(=O)NC(C)CN(C)C)c1. The molecule has 0 heterocycles. The number of amides is 2. The van der Waals surface area contributed by atoms with E-state index in [0.29, 0.717) is 0 Å². The number of carbonyl (C=O) groups excluding carboxylic acids is 1. The van der Waals surface area contributed by atoms with Crippen molar-refractivity contribution in [1.29, 1.82) is 0 Å². The van der Waals surface area contributed by atoms with Crippen molar-refractivity contribution in [2.24, 2.45) is 0 Å². The number of hydrogen-bond acceptors (Lipinski definition) is 3. The van der Waals surface area contributed by atoms with E-state index >= 15 is 0 Å². The van der Waals surface area contributed by atoms with Gasteiger partial charge in [-0.1, -0.05) is 19.1 Å². The zero-order chi connectivity index (χ0) is 15.8. The summed E-state index contributed by atoms with van der Waals surface area (Å²) in [7, 11) is 3.98. The molecule has 1 aromatic rings. The van der Waals surface area contributed by atoms with Gasteiger partial charge in [-0.3, -0.25) is 0 Å². The molecule has 0 radical (unpaired) electrons. The molecule has 0 bridgehead atoms. The fourth-order valence-electron chi connectivity index (χ4n) is 2.29. The molecule has 0 saturated heterocycles. The molecule has 3 N–H and O–H groups in total. The van der Waals surface area contributed by atoms with E-state index in [-0.39, 0.29) is 18.1 Å². The van der Waals surface area contributed by atoms with E-state index < -0.39 is 0 Å². The Bertz CT molecular complexity index is 448. The third-order valence-electron chi connectivity index (χ3n) is 3.17. The van der Waals surface area contributed by atoms with Gasteiger partial charge in [0.25, 0.3) is 0 Å². The smallest absolute Gasteiger partial charge is 0.319 e. The summed E-state index contributed by atoms with van der Waals surface area (Å²) in [5, 5.41) is 9.18. The third kappa shape index (κ3) is 6.60. The summed E-state index contributed by atoms with van der Waals surface area (Å²) in [5.74, 6) is 0. The van der Waals surface area contributed by atoms with Crippen molar-refractivity contribution < 1.29 is 4.79 Å². The Kier molecular flexibility index (Phi) is 7.19. The molecule has 118 valence electrons. The van der Waals surface area contributed by atoms with Gasteiger partial charge in [-0.15, -0.1) is 0 Å². The Labute approximate surface area is 128 Å². The highest BCUT2D eigenvalue weighted by Crippen LogP contribution is 2.17. The standard InChI is InChI=1S/C16H28N4O/c1-6-17-13(3)14-8-7-9-15(10-14)19-16(21)18-12(2)11-20(4)5/h7-10,12-13,17H,6,11H2,1-5H3,(H2,18,19,21). The molecule has 2 unspecified atom stereocenters. The van der Waals surface area contributed by atoms with E-state index in [1.165, 1.54) is 0 Å². The largest absolute Gasteiger partial charge is 0.334 e. The van der Waals surface area contributed by atoms with Crippen molar-refractivity contribution in [3.63, 3.8) is 0 Å². The van der Waals surface area contributed by atoms with Gasteiger partial charge in [0.15, 0.2) is 0 Å². The summed E-state index contributed by atoms with van der Waals surface area (Å²) >= 11 is 0. The molecule has 0 spiro atoms. The van der Waals surface area contributed by atoms with Crippen LogP contribution in [-0.2, 0) is 0 Å². The van der Waals surface area contributed by atoms with Crippen LogP contribution in [0.25, 0.3) is 0 Å². The second kappa shape index (κ2) is 8.64. The minimum Gasteiger partial charge on any atom is -0.334 e. The predicted molar refractivity (Wildman–Crippen MR) is 88.7 cm³/mol. The topological polar surface area (TPSA) is 56.4 Å². The lowest BCUT2D eigenvalue weighted by atomic mass is 10.1. The van der Waals surface area contributed by atoms with E-state index in [1.807, 2.05) is 44.1 Å². The number of anilines is 1. The average molecular weight is 292 g/mol. The molecule has 2 amide bonds. The monoisotopic (exact) mass is 292 g/mol. The Morgan fingerprint density at radius 2 is 2.00 bits per heavy atom. The molecular formula is C16H28N4O. The molecule has 1 aromatic carbocycles. The molecule has 0 aromatic heterocycles. The third-order valence-corrected chi connectivity index (χ3v) is 3.17. The van der Waals surface area contributed by atoms with E-state index in [2.05, 4.69) is 35.9 Å². The van der Waals surface area contributed by atoms with Crippen LogP contribution < -0.4 is 16.0 Å². The molecule has 0 saturated carbocycles. The summed E-state index contributed by atoms with van der Waals surface area (Å²) < 4.78 is 0. The van der Waals surface area contributed by atoms with Crippen molar-refractivity contribution in [1.82, 2.24) is 15.5 Å². The first kappa shape index (κ1) is 17.5. The zero-order valence-electron chi connectivity index (χ0n) is 13.7. The quantitative estimate of drug-likeness (QED) is 0.723. The fraction of sp³-hybridized carbons (Fsp3) is 0.562. The highest BCUT2D eigenvalue weighted by Gasteiger charge is 2.09. The summed E-state index contributed by atoms with van der Waals surface area (Å²) in [6.45, 7) is 7.91. The van der Waals surface area contributed by atoms with Crippen LogP contribution in [0, 0.1) is 0 Å². The van der Waals surface area contributed by atoms with Crippen LogP contribution in [0.3, 0.4) is 0 Å². The maximum absolute atomic E-state index is 12.0. The van der Waals surface area contributed by atoms with E-state index in [4.69, 9.17) is 0 Å². The van der Waals surface area contributed by atoms with Gasteiger partial charge in [0.05, 0.1) is 0 Å². The minimum absolute atomic E-state index is 0.101. The number of rotatable bonds is 7. The maximum atomic E-state index is 12.0. The number of carbonyl (C=O) groups is 1. The molecule has 5 heteroatoms. The number of benzene rings is 1. The predicted octanol–water partition coefficient (Wildman–Crippen LogP) is 2.43. The zero-order valence-corrected chi connectivity index (χ0v) is 13.7. The molecular weight excluding hydrogens is 264 g/mol. The average Bonchev–Trinajstić information content (AvgIpc) is 2.37. The van der Waals surface area contributed by atoms with Gasteiger partial charge < -0.3 is 20.9 Å². The van der Waals surface area contributed by atoms with Crippen LogP contribution in [0.15, 0.2) is 24.3 Å². The van der Waals surface area contributed by atoms with E-state index in [0.717, 1.165) is 24.3 Å². The number of likely N-dealkylation sites (N-methyl/N-ethyl adjacent to an activating group) is 1. The number of hydrogen-bond donors (Lipinski definition) is 3. The van der Waals surface area contributed by atoms with Gasteiger partial charge in [-0.2, -0.15) is 0 Å². The van der Waals surface area contributed by atoms with Crippen LogP contribution in [-0.4, -0.2) is 44.2 Å². The molecule has 5 nitrogen and oxygen atoms in total. The van der Waals surface area contributed by atoms with Gasteiger partial charge in [-0.25, -0.2) is 4.79 Å². The van der Waals surface area contributed by atoms with Gasteiger partial charge in [-0.05, 0) is 52.2 Å². The lowest BCUT2D eigenvalue weighted by Crippen LogP contribution is -2.41. The van der Waals surface area contributed by atoms with Gasteiger partial charge in [0.1, 0.15) is 0 Å². The molecule has 0 fully saturated rings. The summed E-state index contributed by atoms with van der Waals surface area (Å²) in [5.41, 5.74) is 1.97. The van der Waals surface area contributed by atoms with Crippen LogP contribution in [0.5, 0.6) is 0 Å². The van der Waals surface area contributed by atoms with Crippen LogP contribution >= 0.6 is 0 Å². The second-order valence-electron chi connectivity index (χ2n) is 5.67. The lowest BCUT2D eigenvalue weighted by molar-refractivity contribution is 0.245. The lowest BCUT2D eigenvalue weighted by Gasteiger charge is -2.19. The Balaban J connectivity index is 2.58. The van der Waals surface area contributed by atoms with Gasteiger partial charge >= 0.3 is 6.03 Å². The summed E-state index contributed by atoms with van der Waals surface area (Å²) in [6.07, 6.45) is 0. The van der Waals surface area contributed by atoms with Crippen molar-refractivity contribution >= 4 is 11.7 Å². The first-order valence-electron chi connectivity index (χ1n) is 7.48. The highest BCUT2D eigenvalue weighted by molar-refractivity contribution is 5.89. The maximum Gasteiger partial charge on any atom is 0.319 e. The van der Waals surface area contributed by atoms with Crippen molar-refractivity contribution in [3.05, 3.63) is 29.8 Å².